The van der Waals surface area contributed by atoms with E-state index in [2.05, 4.69) is 15.2 Å². The van der Waals surface area contributed by atoms with Crippen molar-refractivity contribution in [2.24, 2.45) is 0 Å². The van der Waals surface area contributed by atoms with Gasteiger partial charge >= 0.3 is 0 Å². The number of carbonyl (C=O) groups is 1. The van der Waals surface area contributed by atoms with Gasteiger partial charge in [0.1, 0.15) is 11.5 Å². The molecule has 2 N–H and O–H groups in total. The minimum absolute atomic E-state index is 0.184. The molecule has 1 aliphatic heterocycles. The zero-order valence-corrected chi connectivity index (χ0v) is 15.6. The lowest BCUT2D eigenvalue weighted by molar-refractivity contribution is 0.0702. The van der Waals surface area contributed by atoms with Crippen molar-refractivity contribution in [3.63, 3.8) is 0 Å². The second-order valence-electron chi connectivity index (χ2n) is 6.73. The van der Waals surface area contributed by atoms with Gasteiger partial charge < -0.3 is 10.4 Å². The van der Waals surface area contributed by atoms with E-state index < -0.39 is 0 Å². The number of hydrogen-bond acceptors (Lipinski definition) is 5. The highest BCUT2D eigenvalue weighted by molar-refractivity contribution is 7.15. The number of β-amino-alcohol motifs (C(OH)–C–C–N with tert-alkyl or cyclic N) is 1. The van der Waals surface area contributed by atoms with Crippen LogP contribution in [0.4, 0.5) is 4.39 Å². The fraction of sp³-hybridized carbons (Fsp3) is 0.368. The Labute approximate surface area is 160 Å². The zero-order valence-electron chi connectivity index (χ0n) is 14.8. The van der Waals surface area contributed by atoms with Crippen LogP contribution >= 0.6 is 11.3 Å². The van der Waals surface area contributed by atoms with Crippen molar-refractivity contribution in [1.82, 2.24) is 19.6 Å². The third-order valence-corrected chi connectivity index (χ3v) is 5.63. The van der Waals surface area contributed by atoms with Crippen LogP contribution in [0.3, 0.4) is 0 Å². The molecule has 0 saturated carbocycles. The fourth-order valence-corrected chi connectivity index (χ4v) is 4.25. The second-order valence-corrected chi connectivity index (χ2v) is 7.57. The molecular formula is C19H21FN4O2S. The van der Waals surface area contributed by atoms with Gasteiger partial charge in [0.25, 0.3) is 5.91 Å². The fourth-order valence-electron chi connectivity index (χ4n) is 3.40. The monoisotopic (exact) mass is 388 g/mol. The maximum Gasteiger partial charge on any atom is 0.269 e. The van der Waals surface area contributed by atoms with Gasteiger partial charge in [-0.15, -0.1) is 11.3 Å². The van der Waals surface area contributed by atoms with Gasteiger partial charge in [-0.05, 0) is 31.5 Å². The van der Waals surface area contributed by atoms with Crippen molar-refractivity contribution in [3.05, 3.63) is 47.4 Å². The van der Waals surface area contributed by atoms with Gasteiger partial charge in [0.05, 0.1) is 11.8 Å². The predicted octanol–water partition coefficient (Wildman–Crippen LogP) is 2.39. The molecule has 0 bridgehead atoms. The Morgan fingerprint density at radius 3 is 3.07 bits per heavy atom. The molecule has 4 rings (SSSR count). The van der Waals surface area contributed by atoms with Gasteiger partial charge in [0.15, 0.2) is 4.96 Å². The number of likely N-dealkylation sites (tertiary alicyclic amines) is 1. The Kier molecular flexibility index (Phi) is 5.20. The van der Waals surface area contributed by atoms with E-state index in [1.165, 1.54) is 17.4 Å². The Bertz CT molecular complexity index is 954. The second kappa shape index (κ2) is 7.75. The number of fused-ring (bicyclic) bond motifs is 1. The summed E-state index contributed by atoms with van der Waals surface area (Å²) in [6.07, 6.45) is 3.25. The van der Waals surface area contributed by atoms with Crippen LogP contribution in [0.1, 0.15) is 23.3 Å². The van der Waals surface area contributed by atoms with Crippen molar-refractivity contribution < 1.29 is 14.3 Å². The first-order valence-electron chi connectivity index (χ1n) is 9.02. The largest absolute Gasteiger partial charge is 0.392 e. The Morgan fingerprint density at radius 1 is 1.41 bits per heavy atom. The molecule has 3 aromatic rings. The Hall–Kier alpha value is -2.29. The van der Waals surface area contributed by atoms with E-state index in [9.17, 15) is 14.3 Å². The quantitative estimate of drug-likeness (QED) is 0.704. The number of benzene rings is 1. The summed E-state index contributed by atoms with van der Waals surface area (Å²) in [5.74, 6) is -0.519. The Morgan fingerprint density at radius 2 is 2.26 bits per heavy atom. The van der Waals surface area contributed by atoms with E-state index in [-0.39, 0.29) is 17.8 Å². The molecule has 1 unspecified atom stereocenters. The van der Waals surface area contributed by atoms with Gasteiger partial charge in [-0.3, -0.25) is 14.1 Å². The van der Waals surface area contributed by atoms with Gasteiger partial charge in [0, 0.05) is 36.8 Å². The molecule has 1 atom stereocenters. The van der Waals surface area contributed by atoms with Crippen molar-refractivity contribution in [3.8, 4) is 11.3 Å². The molecule has 2 aromatic heterocycles. The number of thiazole rings is 1. The molecule has 0 spiro atoms. The van der Waals surface area contributed by atoms with Gasteiger partial charge in [-0.2, -0.15) is 0 Å². The first-order valence-corrected chi connectivity index (χ1v) is 9.90. The van der Waals surface area contributed by atoms with Crippen molar-refractivity contribution in [2.75, 3.05) is 26.2 Å². The summed E-state index contributed by atoms with van der Waals surface area (Å²) in [5, 5.41) is 14.4. The number of aliphatic hydroxyl groups is 1. The van der Waals surface area contributed by atoms with Crippen LogP contribution in [0.25, 0.3) is 16.2 Å². The average Bonchev–Trinajstić information content (AvgIpc) is 3.22. The summed E-state index contributed by atoms with van der Waals surface area (Å²) >= 11 is 1.35. The van der Waals surface area contributed by atoms with Crippen molar-refractivity contribution in [2.45, 2.75) is 18.9 Å². The number of carbonyl (C=O) groups excluding carboxylic acids is 1. The Balaban J connectivity index is 1.44. The maximum atomic E-state index is 14.0. The molecule has 142 valence electrons. The van der Waals surface area contributed by atoms with E-state index in [1.807, 2.05) is 0 Å². The van der Waals surface area contributed by atoms with Crippen LogP contribution in [-0.4, -0.2) is 57.6 Å². The summed E-state index contributed by atoms with van der Waals surface area (Å²) in [7, 11) is 0. The van der Waals surface area contributed by atoms with E-state index in [0.717, 1.165) is 19.4 Å². The smallest absolute Gasteiger partial charge is 0.269 e. The number of aromatic nitrogens is 2. The SMILES string of the molecule is O=C(NCCN1CCCC(O)C1)c1csc2nc(-c3ccccc3F)cn12. The van der Waals surface area contributed by atoms with Crippen LogP contribution in [0.15, 0.2) is 35.8 Å². The molecule has 0 aliphatic carbocycles. The van der Waals surface area contributed by atoms with Crippen LogP contribution in [-0.2, 0) is 0 Å². The number of nitrogens with one attached hydrogen (secondary N) is 1. The molecule has 1 amide bonds. The van der Waals surface area contributed by atoms with E-state index in [4.69, 9.17) is 0 Å². The highest BCUT2D eigenvalue weighted by Crippen LogP contribution is 2.25. The van der Waals surface area contributed by atoms with Crippen molar-refractivity contribution in [1.29, 1.82) is 0 Å². The van der Waals surface area contributed by atoms with Gasteiger partial charge in [0.2, 0.25) is 0 Å². The molecule has 1 fully saturated rings. The van der Waals surface area contributed by atoms with Crippen LogP contribution in [0.5, 0.6) is 0 Å². The third kappa shape index (κ3) is 3.87. The number of rotatable bonds is 5. The number of hydrogen-bond donors (Lipinski definition) is 2. The molecule has 1 aliphatic rings. The number of amides is 1. The van der Waals surface area contributed by atoms with E-state index >= 15 is 0 Å². The van der Waals surface area contributed by atoms with Gasteiger partial charge in [-0.25, -0.2) is 9.37 Å². The maximum absolute atomic E-state index is 14.0. The number of imidazole rings is 1. The minimum atomic E-state index is -0.335. The zero-order chi connectivity index (χ0) is 18.8. The lowest BCUT2D eigenvalue weighted by Gasteiger charge is -2.29. The van der Waals surface area contributed by atoms with Crippen molar-refractivity contribution >= 4 is 22.2 Å². The normalized spacial score (nSPS) is 18.1. The molecular weight excluding hydrogens is 367 g/mol. The predicted molar refractivity (Wildman–Crippen MR) is 102 cm³/mol. The molecule has 1 saturated heterocycles. The minimum Gasteiger partial charge on any atom is -0.392 e. The third-order valence-electron chi connectivity index (χ3n) is 4.79. The summed E-state index contributed by atoms with van der Waals surface area (Å²) in [5.41, 5.74) is 1.42. The average molecular weight is 388 g/mol. The van der Waals surface area contributed by atoms with E-state index in [0.29, 0.717) is 41.5 Å². The number of halogens is 1. The summed E-state index contributed by atoms with van der Waals surface area (Å²) in [4.78, 5) is 19.8. The summed E-state index contributed by atoms with van der Waals surface area (Å²) < 4.78 is 15.7. The molecule has 27 heavy (non-hydrogen) atoms. The lowest BCUT2D eigenvalue weighted by atomic mass is 10.1. The van der Waals surface area contributed by atoms with E-state index in [1.54, 1.807) is 34.2 Å². The van der Waals surface area contributed by atoms with Crippen LogP contribution < -0.4 is 5.32 Å². The first-order chi connectivity index (χ1) is 13.1. The number of nitrogens with zero attached hydrogens (tertiary/aromatic N) is 3. The van der Waals surface area contributed by atoms with Crippen LogP contribution in [0, 0.1) is 5.82 Å². The molecule has 6 nitrogen and oxygen atoms in total. The van der Waals surface area contributed by atoms with Crippen LogP contribution in [0.2, 0.25) is 0 Å². The van der Waals surface area contributed by atoms with Gasteiger partial charge in [-0.1, -0.05) is 12.1 Å². The standard InChI is InChI=1S/C19H21FN4O2S/c20-15-6-2-1-5-14(15)16-11-24-17(12-27-19(24)22-16)18(26)21-7-9-23-8-3-4-13(25)10-23/h1-2,5-6,11-13,25H,3-4,7-10H2,(H,21,26). The highest BCUT2D eigenvalue weighted by Gasteiger charge is 2.19. The molecule has 1 aromatic carbocycles. The lowest BCUT2D eigenvalue weighted by Crippen LogP contribution is -2.42. The number of aliphatic hydroxyl groups excluding tert-OH is 1. The molecule has 3 heterocycles. The number of piperidine rings is 1. The highest BCUT2D eigenvalue weighted by atomic mass is 32.1. The summed E-state index contributed by atoms with van der Waals surface area (Å²) in [6, 6.07) is 6.47. The summed E-state index contributed by atoms with van der Waals surface area (Å²) in [6.45, 7) is 2.83. The molecule has 8 heteroatoms. The first kappa shape index (κ1) is 18.1. The molecule has 0 radical (unpaired) electrons. The topological polar surface area (TPSA) is 69.9 Å².